The van der Waals surface area contributed by atoms with E-state index in [1.165, 1.54) is 0 Å². The van der Waals surface area contributed by atoms with E-state index in [0.717, 1.165) is 29.5 Å². The standard InChI is InChI=1S/C13H19BrN2O.ClH/c1-2-7-15-8-9-16-13(17)10-11-3-5-12(14)6-4-11;/h3-6,15H,2,7-10H2,1H3,(H,16,17);1H. The zero-order valence-electron chi connectivity index (χ0n) is 10.5. The van der Waals surface area contributed by atoms with E-state index in [2.05, 4.69) is 33.5 Å². The molecule has 0 aliphatic heterocycles. The van der Waals surface area contributed by atoms with Crippen LogP contribution in [0.4, 0.5) is 0 Å². The molecule has 3 nitrogen and oxygen atoms in total. The van der Waals surface area contributed by atoms with E-state index in [4.69, 9.17) is 0 Å². The minimum atomic E-state index is 0. The molecular weight excluding hydrogens is 316 g/mol. The Morgan fingerprint density at radius 2 is 1.83 bits per heavy atom. The zero-order chi connectivity index (χ0) is 12.5. The second-order valence-electron chi connectivity index (χ2n) is 3.90. The fraction of sp³-hybridized carbons (Fsp3) is 0.462. The average Bonchev–Trinajstić information content (AvgIpc) is 2.32. The number of amides is 1. The SMILES string of the molecule is CCCNCCNC(=O)Cc1ccc(Br)cc1.Cl. The third-order valence-electron chi connectivity index (χ3n) is 2.33. The Morgan fingerprint density at radius 3 is 2.44 bits per heavy atom. The summed E-state index contributed by atoms with van der Waals surface area (Å²) >= 11 is 3.37. The summed E-state index contributed by atoms with van der Waals surface area (Å²) < 4.78 is 1.03. The van der Waals surface area contributed by atoms with E-state index in [-0.39, 0.29) is 18.3 Å². The molecular formula is C13H20BrClN2O. The van der Waals surface area contributed by atoms with Gasteiger partial charge in [-0.25, -0.2) is 0 Å². The second-order valence-corrected chi connectivity index (χ2v) is 4.82. The maximum Gasteiger partial charge on any atom is 0.224 e. The predicted octanol–water partition coefficient (Wildman–Crippen LogP) is 2.53. The van der Waals surface area contributed by atoms with Gasteiger partial charge in [0, 0.05) is 17.6 Å². The fourth-order valence-electron chi connectivity index (χ4n) is 1.44. The first-order valence-electron chi connectivity index (χ1n) is 5.94. The lowest BCUT2D eigenvalue weighted by Crippen LogP contribution is -2.32. The maximum absolute atomic E-state index is 11.6. The summed E-state index contributed by atoms with van der Waals surface area (Å²) in [6, 6.07) is 7.81. The monoisotopic (exact) mass is 334 g/mol. The van der Waals surface area contributed by atoms with Crippen LogP contribution in [0.25, 0.3) is 0 Å². The molecule has 0 aromatic heterocycles. The van der Waals surface area contributed by atoms with Crippen LogP contribution < -0.4 is 10.6 Å². The minimum Gasteiger partial charge on any atom is -0.355 e. The molecule has 2 N–H and O–H groups in total. The molecule has 18 heavy (non-hydrogen) atoms. The molecule has 1 aromatic carbocycles. The zero-order valence-corrected chi connectivity index (χ0v) is 12.9. The molecule has 1 amide bonds. The summed E-state index contributed by atoms with van der Waals surface area (Å²) in [6.45, 7) is 4.65. The quantitative estimate of drug-likeness (QED) is 0.752. The number of benzene rings is 1. The molecule has 0 atom stereocenters. The van der Waals surface area contributed by atoms with Crippen molar-refractivity contribution in [3.05, 3.63) is 34.3 Å². The summed E-state index contributed by atoms with van der Waals surface area (Å²) in [5, 5.41) is 6.13. The van der Waals surface area contributed by atoms with Crippen molar-refractivity contribution in [3.63, 3.8) is 0 Å². The lowest BCUT2D eigenvalue weighted by Gasteiger charge is -2.06. The lowest BCUT2D eigenvalue weighted by atomic mass is 10.1. The molecule has 0 aliphatic rings. The van der Waals surface area contributed by atoms with E-state index in [0.29, 0.717) is 13.0 Å². The van der Waals surface area contributed by atoms with Gasteiger partial charge >= 0.3 is 0 Å². The third-order valence-corrected chi connectivity index (χ3v) is 2.86. The van der Waals surface area contributed by atoms with Gasteiger partial charge in [0.25, 0.3) is 0 Å². The first kappa shape index (κ1) is 17.4. The van der Waals surface area contributed by atoms with E-state index < -0.39 is 0 Å². The van der Waals surface area contributed by atoms with Crippen LogP contribution in [0.2, 0.25) is 0 Å². The van der Waals surface area contributed by atoms with Crippen molar-refractivity contribution < 1.29 is 4.79 Å². The molecule has 0 spiro atoms. The van der Waals surface area contributed by atoms with Gasteiger partial charge in [0.15, 0.2) is 0 Å². The summed E-state index contributed by atoms with van der Waals surface area (Å²) in [5.41, 5.74) is 1.03. The van der Waals surface area contributed by atoms with Crippen molar-refractivity contribution in [2.45, 2.75) is 19.8 Å². The van der Waals surface area contributed by atoms with Crippen LogP contribution in [0.1, 0.15) is 18.9 Å². The Hall–Kier alpha value is -0.580. The molecule has 1 rings (SSSR count). The van der Waals surface area contributed by atoms with E-state index in [9.17, 15) is 4.79 Å². The molecule has 0 saturated heterocycles. The van der Waals surface area contributed by atoms with Crippen molar-refractivity contribution >= 4 is 34.2 Å². The highest BCUT2D eigenvalue weighted by molar-refractivity contribution is 9.10. The van der Waals surface area contributed by atoms with Crippen LogP contribution in [0.15, 0.2) is 28.7 Å². The Labute approximate surface area is 123 Å². The first-order chi connectivity index (χ1) is 8.22. The van der Waals surface area contributed by atoms with Gasteiger partial charge in [-0.1, -0.05) is 35.0 Å². The van der Waals surface area contributed by atoms with Crippen LogP contribution in [0.5, 0.6) is 0 Å². The largest absolute Gasteiger partial charge is 0.355 e. The third kappa shape index (κ3) is 7.69. The lowest BCUT2D eigenvalue weighted by molar-refractivity contribution is -0.120. The predicted molar refractivity (Wildman–Crippen MR) is 81.3 cm³/mol. The van der Waals surface area contributed by atoms with Crippen molar-refractivity contribution in [2.75, 3.05) is 19.6 Å². The molecule has 0 bridgehead atoms. The molecule has 0 saturated carbocycles. The number of hydrogen-bond donors (Lipinski definition) is 2. The summed E-state index contributed by atoms with van der Waals surface area (Å²) in [4.78, 5) is 11.6. The average molecular weight is 336 g/mol. The Bertz CT molecular complexity index is 343. The van der Waals surface area contributed by atoms with Gasteiger partial charge in [0.2, 0.25) is 5.91 Å². The van der Waals surface area contributed by atoms with Crippen molar-refractivity contribution in [1.82, 2.24) is 10.6 Å². The van der Waals surface area contributed by atoms with Gasteiger partial charge in [0.1, 0.15) is 0 Å². The van der Waals surface area contributed by atoms with Crippen LogP contribution in [-0.2, 0) is 11.2 Å². The first-order valence-corrected chi connectivity index (χ1v) is 6.73. The number of carbonyl (C=O) groups is 1. The van der Waals surface area contributed by atoms with Gasteiger partial charge in [-0.2, -0.15) is 0 Å². The van der Waals surface area contributed by atoms with Gasteiger partial charge in [0.05, 0.1) is 6.42 Å². The number of carbonyl (C=O) groups excluding carboxylic acids is 1. The molecule has 102 valence electrons. The topological polar surface area (TPSA) is 41.1 Å². The highest BCUT2D eigenvalue weighted by Crippen LogP contribution is 2.10. The van der Waals surface area contributed by atoms with Crippen LogP contribution in [-0.4, -0.2) is 25.5 Å². The second kappa shape index (κ2) is 10.4. The van der Waals surface area contributed by atoms with E-state index >= 15 is 0 Å². The summed E-state index contributed by atoms with van der Waals surface area (Å²) in [7, 11) is 0. The minimum absolute atomic E-state index is 0. The molecule has 5 heteroatoms. The highest BCUT2D eigenvalue weighted by atomic mass is 79.9. The number of rotatable bonds is 7. The van der Waals surface area contributed by atoms with Gasteiger partial charge in [-0.3, -0.25) is 4.79 Å². The number of hydrogen-bond acceptors (Lipinski definition) is 2. The normalized spacial score (nSPS) is 9.67. The Kier molecular flexibility index (Phi) is 10.0. The van der Waals surface area contributed by atoms with Crippen molar-refractivity contribution in [1.29, 1.82) is 0 Å². The van der Waals surface area contributed by atoms with Gasteiger partial charge in [-0.15, -0.1) is 12.4 Å². The Balaban J connectivity index is 0.00000289. The van der Waals surface area contributed by atoms with Gasteiger partial charge in [-0.05, 0) is 30.7 Å². The van der Waals surface area contributed by atoms with Crippen molar-refractivity contribution in [3.8, 4) is 0 Å². The van der Waals surface area contributed by atoms with Crippen LogP contribution in [0.3, 0.4) is 0 Å². The van der Waals surface area contributed by atoms with E-state index in [1.54, 1.807) is 0 Å². The maximum atomic E-state index is 11.6. The highest BCUT2D eigenvalue weighted by Gasteiger charge is 2.02. The number of nitrogens with one attached hydrogen (secondary N) is 2. The summed E-state index contributed by atoms with van der Waals surface area (Å²) in [6.07, 6.45) is 1.56. The Morgan fingerprint density at radius 1 is 1.17 bits per heavy atom. The van der Waals surface area contributed by atoms with Crippen molar-refractivity contribution in [2.24, 2.45) is 0 Å². The number of halogens is 2. The molecule has 0 unspecified atom stereocenters. The fourth-order valence-corrected chi connectivity index (χ4v) is 1.71. The van der Waals surface area contributed by atoms with E-state index in [1.807, 2.05) is 24.3 Å². The van der Waals surface area contributed by atoms with Crippen LogP contribution >= 0.6 is 28.3 Å². The molecule has 0 radical (unpaired) electrons. The summed E-state index contributed by atoms with van der Waals surface area (Å²) in [5.74, 6) is 0.0746. The molecule has 0 aliphatic carbocycles. The smallest absolute Gasteiger partial charge is 0.224 e. The van der Waals surface area contributed by atoms with Crippen LogP contribution in [0, 0.1) is 0 Å². The molecule has 0 fully saturated rings. The molecule has 1 aromatic rings. The van der Waals surface area contributed by atoms with Gasteiger partial charge < -0.3 is 10.6 Å². The molecule has 0 heterocycles.